The van der Waals surface area contributed by atoms with E-state index in [0.29, 0.717) is 18.2 Å². The van der Waals surface area contributed by atoms with Gasteiger partial charge in [0.25, 0.3) is 0 Å². The number of hydrogen-bond acceptors (Lipinski definition) is 3. The van der Waals surface area contributed by atoms with Crippen molar-refractivity contribution in [1.82, 2.24) is 0 Å². The van der Waals surface area contributed by atoms with Crippen LogP contribution in [0.25, 0.3) is 0 Å². The number of nitrogens with zero attached hydrogens (tertiary/aromatic N) is 1. The van der Waals surface area contributed by atoms with Gasteiger partial charge in [0.2, 0.25) is 10.0 Å². The van der Waals surface area contributed by atoms with Crippen molar-refractivity contribution in [3.05, 3.63) is 23.8 Å². The van der Waals surface area contributed by atoms with E-state index in [-0.39, 0.29) is 5.41 Å². The van der Waals surface area contributed by atoms with Gasteiger partial charge in [-0.25, -0.2) is 8.42 Å². The molecule has 0 bridgehead atoms. The normalized spacial score (nSPS) is 21.5. The van der Waals surface area contributed by atoms with E-state index in [1.807, 2.05) is 18.2 Å². The van der Waals surface area contributed by atoms with Gasteiger partial charge in [0.15, 0.2) is 0 Å². The van der Waals surface area contributed by atoms with E-state index >= 15 is 0 Å². The molecule has 0 heterocycles. The second kappa shape index (κ2) is 5.76. The van der Waals surface area contributed by atoms with Crippen molar-refractivity contribution in [2.75, 3.05) is 24.2 Å². The zero-order valence-corrected chi connectivity index (χ0v) is 15.2. The SMILES string of the molecule is CC1CC1COc1cc(N(C)S(C)(=O)=O)cc(C(C)(C)C)c1. The molecule has 0 radical (unpaired) electrons. The highest BCUT2D eigenvalue weighted by atomic mass is 32.2. The van der Waals surface area contributed by atoms with Gasteiger partial charge in [-0.1, -0.05) is 27.7 Å². The molecule has 1 aromatic carbocycles. The molecule has 0 amide bonds. The lowest BCUT2D eigenvalue weighted by Crippen LogP contribution is -2.25. The maximum atomic E-state index is 11.8. The van der Waals surface area contributed by atoms with E-state index in [4.69, 9.17) is 4.74 Å². The fourth-order valence-corrected chi connectivity index (χ4v) is 2.80. The predicted octanol–water partition coefficient (Wildman–Crippen LogP) is 3.41. The summed E-state index contributed by atoms with van der Waals surface area (Å²) in [6.07, 6.45) is 2.43. The summed E-state index contributed by atoms with van der Waals surface area (Å²) in [4.78, 5) is 0. The third-order valence-electron chi connectivity index (χ3n) is 4.36. The van der Waals surface area contributed by atoms with Crippen LogP contribution in [0.5, 0.6) is 5.75 Å². The van der Waals surface area contributed by atoms with Gasteiger partial charge in [0, 0.05) is 13.1 Å². The zero-order chi connectivity index (χ0) is 16.7. The molecule has 22 heavy (non-hydrogen) atoms. The summed E-state index contributed by atoms with van der Waals surface area (Å²) in [6, 6.07) is 5.75. The molecule has 4 nitrogen and oxygen atoms in total. The first-order valence-electron chi connectivity index (χ1n) is 7.71. The Morgan fingerprint density at radius 2 is 1.86 bits per heavy atom. The fraction of sp³-hybridized carbons (Fsp3) is 0.647. The highest BCUT2D eigenvalue weighted by molar-refractivity contribution is 7.92. The van der Waals surface area contributed by atoms with Gasteiger partial charge in [0.05, 0.1) is 18.6 Å². The lowest BCUT2D eigenvalue weighted by Gasteiger charge is -2.24. The van der Waals surface area contributed by atoms with E-state index < -0.39 is 10.0 Å². The van der Waals surface area contributed by atoms with Crippen molar-refractivity contribution in [3.8, 4) is 5.75 Å². The summed E-state index contributed by atoms with van der Waals surface area (Å²) in [5, 5.41) is 0. The molecular formula is C17H27NO3S. The van der Waals surface area contributed by atoms with Gasteiger partial charge >= 0.3 is 0 Å². The smallest absolute Gasteiger partial charge is 0.231 e. The maximum Gasteiger partial charge on any atom is 0.231 e. The van der Waals surface area contributed by atoms with Crippen LogP contribution in [0.15, 0.2) is 18.2 Å². The van der Waals surface area contributed by atoms with Crippen molar-refractivity contribution in [3.63, 3.8) is 0 Å². The van der Waals surface area contributed by atoms with Crippen LogP contribution in [0.2, 0.25) is 0 Å². The van der Waals surface area contributed by atoms with Crippen molar-refractivity contribution in [1.29, 1.82) is 0 Å². The first kappa shape index (κ1) is 17.1. The molecule has 2 unspecified atom stereocenters. The Balaban J connectivity index is 2.32. The standard InChI is InChI=1S/C17H27NO3S/c1-12-7-13(12)11-21-16-9-14(17(2,3)4)8-15(10-16)18(5)22(6,19)20/h8-10,12-13H,7,11H2,1-6H3. The molecule has 0 N–H and O–H groups in total. The molecule has 0 aliphatic heterocycles. The van der Waals surface area contributed by atoms with Gasteiger partial charge in [0.1, 0.15) is 5.75 Å². The van der Waals surface area contributed by atoms with Crippen LogP contribution in [0.1, 0.15) is 39.7 Å². The fourth-order valence-electron chi connectivity index (χ4n) is 2.31. The topological polar surface area (TPSA) is 46.6 Å². The number of anilines is 1. The molecule has 0 aromatic heterocycles. The maximum absolute atomic E-state index is 11.8. The first-order valence-corrected chi connectivity index (χ1v) is 9.55. The molecule has 2 atom stereocenters. The van der Waals surface area contributed by atoms with Crippen LogP contribution in [-0.4, -0.2) is 28.3 Å². The first-order chi connectivity index (χ1) is 9.98. The molecule has 1 fully saturated rings. The molecule has 1 aliphatic rings. The van der Waals surface area contributed by atoms with E-state index in [1.165, 1.54) is 17.0 Å². The number of ether oxygens (including phenoxy) is 1. The zero-order valence-electron chi connectivity index (χ0n) is 14.4. The van der Waals surface area contributed by atoms with Crippen LogP contribution in [-0.2, 0) is 15.4 Å². The van der Waals surface area contributed by atoms with Crippen molar-refractivity contribution in [2.24, 2.45) is 11.8 Å². The molecule has 2 rings (SSSR count). The summed E-state index contributed by atoms with van der Waals surface area (Å²) >= 11 is 0. The molecule has 5 heteroatoms. The largest absolute Gasteiger partial charge is 0.493 e. The van der Waals surface area contributed by atoms with Gasteiger partial charge in [-0.2, -0.15) is 0 Å². The molecule has 0 spiro atoms. The predicted molar refractivity (Wildman–Crippen MR) is 91.2 cm³/mol. The quantitative estimate of drug-likeness (QED) is 0.833. The summed E-state index contributed by atoms with van der Waals surface area (Å²) in [5.41, 5.74) is 1.65. The van der Waals surface area contributed by atoms with E-state index in [2.05, 4.69) is 27.7 Å². The molecule has 1 aromatic rings. The Hall–Kier alpha value is -1.23. The van der Waals surface area contributed by atoms with Gasteiger partial charge < -0.3 is 4.74 Å². The molecule has 1 aliphatic carbocycles. The summed E-state index contributed by atoms with van der Waals surface area (Å²) in [5.74, 6) is 2.12. The Labute approximate surface area is 134 Å². The highest BCUT2D eigenvalue weighted by Crippen LogP contribution is 2.38. The van der Waals surface area contributed by atoms with Crippen molar-refractivity contribution in [2.45, 2.75) is 39.5 Å². The monoisotopic (exact) mass is 325 g/mol. The average Bonchev–Trinajstić information content (AvgIpc) is 3.09. The lowest BCUT2D eigenvalue weighted by molar-refractivity contribution is 0.293. The third-order valence-corrected chi connectivity index (χ3v) is 5.56. The minimum Gasteiger partial charge on any atom is -0.493 e. The Kier molecular flexibility index (Phi) is 4.49. The summed E-state index contributed by atoms with van der Waals surface area (Å²) in [6.45, 7) is 9.26. The molecule has 0 saturated heterocycles. The van der Waals surface area contributed by atoms with Crippen LogP contribution < -0.4 is 9.04 Å². The van der Waals surface area contributed by atoms with Crippen LogP contribution in [0, 0.1) is 11.8 Å². The lowest BCUT2D eigenvalue weighted by atomic mass is 9.86. The third kappa shape index (κ3) is 4.15. The van der Waals surface area contributed by atoms with E-state index in [9.17, 15) is 8.42 Å². The van der Waals surface area contributed by atoms with Crippen LogP contribution >= 0.6 is 0 Å². The number of hydrogen-bond donors (Lipinski definition) is 0. The number of benzene rings is 1. The average molecular weight is 325 g/mol. The second-order valence-electron chi connectivity index (χ2n) is 7.48. The van der Waals surface area contributed by atoms with Crippen molar-refractivity contribution >= 4 is 15.7 Å². The van der Waals surface area contributed by atoms with Gasteiger partial charge in [-0.3, -0.25) is 4.31 Å². The summed E-state index contributed by atoms with van der Waals surface area (Å²) in [7, 11) is -1.71. The van der Waals surface area contributed by atoms with Crippen molar-refractivity contribution < 1.29 is 13.2 Å². The number of sulfonamides is 1. The minimum absolute atomic E-state index is 0.0701. The van der Waals surface area contributed by atoms with Crippen LogP contribution in [0.4, 0.5) is 5.69 Å². The molecular weight excluding hydrogens is 298 g/mol. The van der Waals surface area contributed by atoms with E-state index in [0.717, 1.165) is 17.2 Å². The van der Waals surface area contributed by atoms with Gasteiger partial charge in [-0.05, 0) is 41.4 Å². The Bertz CT molecular complexity index is 646. The molecule has 1 saturated carbocycles. The summed E-state index contributed by atoms with van der Waals surface area (Å²) < 4.78 is 30.8. The Morgan fingerprint density at radius 1 is 1.27 bits per heavy atom. The minimum atomic E-state index is -3.28. The molecule has 124 valence electrons. The number of rotatable bonds is 5. The highest BCUT2D eigenvalue weighted by Gasteiger charge is 2.33. The Morgan fingerprint density at radius 3 is 2.32 bits per heavy atom. The second-order valence-corrected chi connectivity index (χ2v) is 9.49. The van der Waals surface area contributed by atoms with E-state index in [1.54, 1.807) is 7.05 Å². The van der Waals surface area contributed by atoms with Crippen LogP contribution in [0.3, 0.4) is 0 Å². The van der Waals surface area contributed by atoms with Gasteiger partial charge in [-0.15, -0.1) is 0 Å².